The molecule has 28 heavy (non-hydrogen) atoms. The van der Waals surface area contributed by atoms with Crippen LogP contribution in [0.25, 0.3) is 0 Å². The molecule has 6 heteroatoms. The van der Waals surface area contributed by atoms with Crippen LogP contribution < -0.4 is 9.47 Å². The molecule has 0 aromatic heterocycles. The summed E-state index contributed by atoms with van der Waals surface area (Å²) < 4.78 is 21.8. The average molecular weight is 380 g/mol. The lowest BCUT2D eigenvalue weighted by Gasteiger charge is -2.23. The molecule has 2 aromatic carbocycles. The molecule has 0 spiro atoms. The normalized spacial score (nSPS) is 30.0. The van der Waals surface area contributed by atoms with Gasteiger partial charge in [-0.3, -0.25) is 9.59 Å². The van der Waals surface area contributed by atoms with Gasteiger partial charge in [-0.15, -0.1) is 0 Å². The van der Waals surface area contributed by atoms with Crippen molar-refractivity contribution in [3.63, 3.8) is 0 Å². The van der Waals surface area contributed by atoms with Gasteiger partial charge in [0.25, 0.3) is 0 Å². The highest BCUT2D eigenvalue weighted by atomic mass is 16.5. The predicted molar refractivity (Wildman–Crippen MR) is 98.7 cm³/mol. The Bertz CT molecular complexity index is 1040. The van der Waals surface area contributed by atoms with E-state index < -0.39 is 28.7 Å². The number of rotatable bonds is 4. The van der Waals surface area contributed by atoms with Crippen molar-refractivity contribution in [1.29, 1.82) is 0 Å². The van der Waals surface area contributed by atoms with Gasteiger partial charge in [0.05, 0.1) is 28.4 Å². The third-order valence-electron chi connectivity index (χ3n) is 6.86. The molecule has 2 aromatic rings. The summed E-state index contributed by atoms with van der Waals surface area (Å²) in [4.78, 5) is 26.5. The van der Waals surface area contributed by atoms with E-state index in [-0.39, 0.29) is 5.92 Å². The van der Waals surface area contributed by atoms with Gasteiger partial charge in [0, 0.05) is 23.0 Å². The third kappa shape index (κ3) is 1.43. The van der Waals surface area contributed by atoms with Gasteiger partial charge in [-0.25, -0.2) is 0 Å². The van der Waals surface area contributed by atoms with Crippen molar-refractivity contribution in [2.24, 2.45) is 5.41 Å². The average Bonchev–Trinajstić information content (AvgIpc) is 3.16. The zero-order valence-electron chi connectivity index (χ0n) is 16.1. The Morgan fingerprint density at radius 3 is 2.04 bits per heavy atom. The monoisotopic (exact) mass is 380 g/mol. The van der Waals surface area contributed by atoms with E-state index >= 15 is 0 Å². The molecule has 144 valence electrons. The van der Waals surface area contributed by atoms with E-state index in [0.29, 0.717) is 11.5 Å². The Kier molecular flexibility index (Phi) is 3.22. The molecule has 1 saturated carbocycles. The summed E-state index contributed by atoms with van der Waals surface area (Å²) in [6, 6.07) is 11.3. The number of hydrogen-bond acceptors (Lipinski definition) is 6. The first-order valence-electron chi connectivity index (χ1n) is 9.08. The molecule has 0 bridgehead atoms. The van der Waals surface area contributed by atoms with Crippen molar-refractivity contribution in [2.45, 2.75) is 17.3 Å². The lowest BCUT2D eigenvalue weighted by Crippen LogP contribution is -2.34. The van der Waals surface area contributed by atoms with E-state index in [1.54, 1.807) is 14.2 Å². The summed E-state index contributed by atoms with van der Waals surface area (Å²) in [5.74, 6) is -0.306. The van der Waals surface area contributed by atoms with Crippen molar-refractivity contribution >= 4 is 11.9 Å². The molecule has 0 saturated heterocycles. The summed E-state index contributed by atoms with van der Waals surface area (Å²) in [6.07, 6.45) is 0. The van der Waals surface area contributed by atoms with E-state index in [0.717, 1.165) is 22.3 Å². The van der Waals surface area contributed by atoms with Gasteiger partial charge in [0.2, 0.25) is 0 Å². The minimum Gasteiger partial charge on any atom is -0.496 e. The van der Waals surface area contributed by atoms with Crippen molar-refractivity contribution in [2.75, 3.05) is 28.4 Å². The Morgan fingerprint density at radius 1 is 0.821 bits per heavy atom. The van der Waals surface area contributed by atoms with Gasteiger partial charge >= 0.3 is 11.9 Å². The molecule has 0 radical (unpaired) electrons. The Morgan fingerprint density at radius 2 is 1.43 bits per heavy atom. The van der Waals surface area contributed by atoms with Gasteiger partial charge in [-0.1, -0.05) is 24.3 Å². The minimum atomic E-state index is -1.11. The number of hydrogen-bond donors (Lipinski definition) is 0. The third-order valence-corrected chi connectivity index (χ3v) is 6.86. The van der Waals surface area contributed by atoms with Crippen LogP contribution >= 0.6 is 0 Å². The molecule has 1 fully saturated rings. The maximum Gasteiger partial charge on any atom is 0.318 e. The first-order chi connectivity index (χ1) is 13.6. The van der Waals surface area contributed by atoms with E-state index in [4.69, 9.17) is 18.9 Å². The zero-order valence-corrected chi connectivity index (χ0v) is 16.1. The van der Waals surface area contributed by atoms with E-state index in [9.17, 15) is 9.59 Å². The molecule has 4 atom stereocenters. The molecule has 6 nitrogen and oxygen atoms in total. The SMILES string of the molecule is COC(=O)C12c3ccccc3C3c4c(OC)ccc(OC)c4C1C32C(=O)OC. The Labute approximate surface area is 162 Å². The predicted octanol–water partition coefficient (Wildman–Crippen LogP) is 2.53. The van der Waals surface area contributed by atoms with Crippen molar-refractivity contribution in [3.8, 4) is 11.5 Å². The topological polar surface area (TPSA) is 71.1 Å². The molecular formula is C22H20O6. The molecular weight excluding hydrogens is 360 g/mol. The number of esters is 2. The Hall–Kier alpha value is -3.02. The van der Waals surface area contributed by atoms with Crippen LogP contribution in [-0.4, -0.2) is 40.4 Å². The highest BCUT2D eigenvalue weighted by Gasteiger charge is 2.95. The standard InChI is InChI=1S/C22H20O6/c1-25-13-9-10-14(26-2)16-15(13)17-11-7-5-6-8-12(11)21(19(23)27-3)18(16)22(17,21)20(24)28-4/h5-10,17-18H,1-4H3. The quantitative estimate of drug-likeness (QED) is 0.759. The molecule has 4 unspecified atom stereocenters. The number of ether oxygens (including phenoxy) is 4. The lowest BCUT2D eigenvalue weighted by atomic mass is 9.82. The number of fused-ring (bicyclic) bond motifs is 7. The molecule has 0 heterocycles. The van der Waals surface area contributed by atoms with Gasteiger partial charge in [-0.05, 0) is 23.3 Å². The second-order valence-corrected chi connectivity index (χ2v) is 7.41. The molecule has 5 rings (SSSR count). The Balaban J connectivity index is 1.93. The van der Waals surface area contributed by atoms with Gasteiger partial charge in [-0.2, -0.15) is 0 Å². The molecule has 0 N–H and O–H groups in total. The van der Waals surface area contributed by atoms with Crippen LogP contribution in [0.1, 0.15) is 34.1 Å². The van der Waals surface area contributed by atoms with Gasteiger partial charge in [0.1, 0.15) is 22.3 Å². The largest absolute Gasteiger partial charge is 0.496 e. The summed E-state index contributed by atoms with van der Waals surface area (Å²) in [7, 11) is 5.91. The lowest BCUT2D eigenvalue weighted by molar-refractivity contribution is -0.154. The van der Waals surface area contributed by atoms with E-state index in [1.807, 2.05) is 36.4 Å². The van der Waals surface area contributed by atoms with Crippen LogP contribution in [0.15, 0.2) is 36.4 Å². The fourth-order valence-corrected chi connectivity index (χ4v) is 6.12. The number of methoxy groups -OCH3 is 4. The highest BCUT2D eigenvalue weighted by Crippen LogP contribution is 2.90. The van der Waals surface area contributed by atoms with E-state index in [2.05, 4.69) is 0 Å². The zero-order chi connectivity index (χ0) is 19.8. The van der Waals surface area contributed by atoms with Crippen LogP contribution in [0, 0.1) is 5.41 Å². The van der Waals surface area contributed by atoms with Gasteiger partial charge in [0.15, 0.2) is 0 Å². The summed E-state index contributed by atoms with van der Waals surface area (Å²) >= 11 is 0. The molecule has 0 aliphatic heterocycles. The van der Waals surface area contributed by atoms with Crippen LogP contribution in [0.5, 0.6) is 11.5 Å². The van der Waals surface area contributed by atoms with Crippen molar-refractivity contribution in [3.05, 3.63) is 58.7 Å². The fourth-order valence-electron chi connectivity index (χ4n) is 6.12. The minimum absolute atomic E-state index is 0.361. The maximum absolute atomic E-state index is 13.3. The summed E-state index contributed by atoms with van der Waals surface area (Å²) in [6.45, 7) is 0. The first-order valence-corrected chi connectivity index (χ1v) is 9.08. The smallest absolute Gasteiger partial charge is 0.318 e. The molecule has 3 aliphatic rings. The van der Waals surface area contributed by atoms with Crippen molar-refractivity contribution < 1.29 is 28.5 Å². The second-order valence-electron chi connectivity index (χ2n) is 7.41. The second kappa shape index (κ2) is 5.28. The molecule has 3 aliphatic carbocycles. The maximum atomic E-state index is 13.3. The summed E-state index contributed by atoms with van der Waals surface area (Å²) in [5, 5.41) is 0. The fraction of sp³-hybridized carbons (Fsp3) is 0.364. The summed E-state index contributed by atoms with van der Waals surface area (Å²) in [5.41, 5.74) is 1.29. The van der Waals surface area contributed by atoms with Crippen LogP contribution in [0.2, 0.25) is 0 Å². The van der Waals surface area contributed by atoms with Crippen LogP contribution in [0.4, 0.5) is 0 Å². The van der Waals surface area contributed by atoms with E-state index in [1.165, 1.54) is 14.2 Å². The highest BCUT2D eigenvalue weighted by molar-refractivity contribution is 6.09. The number of benzene rings is 2. The van der Waals surface area contributed by atoms with Crippen molar-refractivity contribution in [1.82, 2.24) is 0 Å². The first kappa shape index (κ1) is 17.1. The number of carbonyl (C=O) groups is 2. The van der Waals surface area contributed by atoms with Crippen LogP contribution in [-0.2, 0) is 24.5 Å². The van der Waals surface area contributed by atoms with Gasteiger partial charge < -0.3 is 18.9 Å². The van der Waals surface area contributed by atoms with Crippen LogP contribution in [0.3, 0.4) is 0 Å². The number of carbonyl (C=O) groups excluding carboxylic acids is 2. The molecule has 0 amide bonds.